The van der Waals surface area contributed by atoms with Crippen molar-refractivity contribution in [1.29, 1.82) is 0 Å². The summed E-state index contributed by atoms with van der Waals surface area (Å²) in [6, 6.07) is 1.99. The van der Waals surface area contributed by atoms with Gasteiger partial charge in [-0.05, 0) is 53.9 Å². The molecule has 1 aromatic rings. The Morgan fingerprint density at radius 3 is 1.53 bits per heavy atom. The van der Waals surface area contributed by atoms with E-state index < -0.39 is 4.29 Å². The van der Waals surface area contributed by atoms with Gasteiger partial charge in [0.15, 0.2) is 4.29 Å². The van der Waals surface area contributed by atoms with Gasteiger partial charge in [-0.2, -0.15) is 0 Å². The van der Waals surface area contributed by atoms with Gasteiger partial charge in [-0.1, -0.05) is 95.6 Å². The molecule has 0 atom stereocenters. The molecule has 1 aromatic carbocycles. The third kappa shape index (κ3) is 4.76. The van der Waals surface area contributed by atoms with Gasteiger partial charge in [0, 0.05) is 24.5 Å². The number of alkyl halides is 6. The molecule has 0 saturated carbocycles. The second kappa shape index (κ2) is 6.75. The fourth-order valence-corrected chi connectivity index (χ4v) is 7.79. The Labute approximate surface area is 175 Å². The Bertz CT molecular complexity index is 440. The molecule has 96 valence electrons. The predicted molar refractivity (Wildman–Crippen MR) is 106 cm³/mol. The highest BCUT2D eigenvalue weighted by Gasteiger charge is 2.34. The highest BCUT2D eigenvalue weighted by atomic mass is 80.0. The summed E-state index contributed by atoms with van der Waals surface area (Å²) in [6.07, 6.45) is 0. The van der Waals surface area contributed by atoms with E-state index in [9.17, 15) is 0 Å². The number of hydrogen-bond donors (Lipinski definition) is 0. The number of halogens is 9. The first-order valence-corrected chi connectivity index (χ1v) is 10.9. The molecule has 0 unspecified atom stereocenters. The number of benzene rings is 1. The van der Waals surface area contributed by atoms with Crippen LogP contribution in [0.4, 0.5) is 0 Å². The average Bonchev–Trinajstić information content (AvgIpc) is 2.07. The van der Waals surface area contributed by atoms with Gasteiger partial charge < -0.3 is 0 Å². The van der Waals surface area contributed by atoms with Crippen LogP contribution in [0.25, 0.3) is 0 Å². The van der Waals surface area contributed by atoms with E-state index in [2.05, 4.69) is 143 Å². The molecule has 0 saturated heterocycles. The lowest BCUT2D eigenvalue weighted by atomic mass is 10.2. The molecule has 0 radical (unpaired) electrons. The van der Waals surface area contributed by atoms with Crippen LogP contribution in [-0.2, 0) is 4.29 Å². The zero-order chi connectivity index (χ0) is 13.6. The van der Waals surface area contributed by atoms with Crippen molar-refractivity contribution in [3.63, 3.8) is 0 Å². The first-order valence-electron chi connectivity index (χ1n) is 3.78. The second-order valence-electron chi connectivity index (χ2n) is 2.90. The molecule has 9 heteroatoms. The predicted octanol–water partition coefficient (Wildman–Crippen LogP) is 8.56. The lowest BCUT2D eigenvalue weighted by molar-refractivity contribution is 1.22. The van der Waals surface area contributed by atoms with E-state index in [1.54, 1.807) is 0 Å². The second-order valence-corrected chi connectivity index (χ2v) is 18.9. The first kappa shape index (κ1) is 18.6. The lowest BCUT2D eigenvalue weighted by Crippen LogP contribution is -2.08. The summed E-state index contributed by atoms with van der Waals surface area (Å²) in [5, 5.41) is 0. The van der Waals surface area contributed by atoms with Crippen molar-refractivity contribution >= 4 is 143 Å². The van der Waals surface area contributed by atoms with Crippen LogP contribution < -0.4 is 0 Å². The number of rotatable bonds is 0. The standard InChI is InChI=1S/C8HBr9/c9-3-1-2(7(12,13)14)5(10)4(6(3)11)8(15,16)17/h1H. The summed E-state index contributed by atoms with van der Waals surface area (Å²) in [6.45, 7) is 0. The smallest absolute Gasteiger partial charge is 0.0545 e. The highest BCUT2D eigenvalue weighted by Crippen LogP contribution is 2.56. The normalized spacial score (nSPS) is 13.0. The Morgan fingerprint density at radius 2 is 1.18 bits per heavy atom. The van der Waals surface area contributed by atoms with E-state index in [0.717, 1.165) is 24.5 Å². The van der Waals surface area contributed by atoms with Crippen LogP contribution in [0.2, 0.25) is 0 Å². The molecule has 0 N–H and O–H groups in total. The molecule has 17 heavy (non-hydrogen) atoms. The van der Waals surface area contributed by atoms with Crippen molar-refractivity contribution in [3.8, 4) is 0 Å². The molecule has 0 nitrogen and oxygen atoms in total. The van der Waals surface area contributed by atoms with Crippen LogP contribution in [0, 0.1) is 0 Å². The number of hydrogen-bond acceptors (Lipinski definition) is 0. The van der Waals surface area contributed by atoms with Crippen molar-refractivity contribution in [2.75, 3.05) is 0 Å². The van der Waals surface area contributed by atoms with Crippen molar-refractivity contribution in [2.45, 2.75) is 4.29 Å². The summed E-state index contributed by atoms with van der Waals surface area (Å²) < 4.78 is 1.79. The van der Waals surface area contributed by atoms with E-state index in [-0.39, 0.29) is 0 Å². The SMILES string of the molecule is Brc1cc(C(Br)(Br)Br)c(Br)c(C(Br)(Br)Br)c1Br. The van der Waals surface area contributed by atoms with Crippen LogP contribution in [0.3, 0.4) is 0 Å². The van der Waals surface area contributed by atoms with Crippen LogP contribution in [0.5, 0.6) is 0 Å². The van der Waals surface area contributed by atoms with Crippen LogP contribution in [0.1, 0.15) is 11.1 Å². The molecular formula is C8HBr9. The topological polar surface area (TPSA) is 0 Å². The molecule has 0 aliphatic rings. The van der Waals surface area contributed by atoms with Crippen molar-refractivity contribution in [2.24, 2.45) is 0 Å². The van der Waals surface area contributed by atoms with Crippen LogP contribution in [0.15, 0.2) is 19.5 Å². The third-order valence-electron chi connectivity index (χ3n) is 1.75. The van der Waals surface area contributed by atoms with E-state index in [0.29, 0.717) is 0 Å². The first-order chi connectivity index (χ1) is 7.46. The van der Waals surface area contributed by atoms with Crippen LogP contribution >= 0.6 is 143 Å². The van der Waals surface area contributed by atoms with Gasteiger partial charge in [-0.3, -0.25) is 0 Å². The van der Waals surface area contributed by atoms with E-state index in [1.165, 1.54) is 0 Å². The fourth-order valence-electron chi connectivity index (χ4n) is 1.06. The maximum atomic E-state index is 3.61. The molecule has 0 spiro atoms. The van der Waals surface area contributed by atoms with Gasteiger partial charge in [-0.15, -0.1) is 0 Å². The van der Waals surface area contributed by atoms with Gasteiger partial charge in [-0.25, -0.2) is 0 Å². The molecular weight excluding hydrogens is 815 g/mol. The van der Waals surface area contributed by atoms with Gasteiger partial charge in [0.25, 0.3) is 0 Å². The average molecular weight is 816 g/mol. The molecule has 0 amide bonds. The van der Waals surface area contributed by atoms with Crippen LogP contribution in [-0.4, -0.2) is 0 Å². The molecule has 0 aliphatic carbocycles. The maximum absolute atomic E-state index is 3.61. The lowest BCUT2D eigenvalue weighted by Gasteiger charge is -2.23. The van der Waals surface area contributed by atoms with Gasteiger partial charge in [0.05, 0.1) is 0 Å². The molecule has 0 aliphatic heterocycles. The van der Waals surface area contributed by atoms with Gasteiger partial charge >= 0.3 is 0 Å². The summed E-state index contributed by atoms with van der Waals surface area (Å²) in [5.41, 5.74) is 1.97. The minimum absolute atomic E-state index is 0.498. The maximum Gasteiger partial charge on any atom is 0.162 e. The minimum Gasteiger partial charge on any atom is -0.0545 e. The Balaban J connectivity index is 3.67. The highest BCUT2D eigenvalue weighted by molar-refractivity contribution is 9.39. The van der Waals surface area contributed by atoms with E-state index >= 15 is 0 Å². The van der Waals surface area contributed by atoms with Gasteiger partial charge in [0.1, 0.15) is 0 Å². The largest absolute Gasteiger partial charge is 0.162 e. The molecule has 0 heterocycles. The van der Waals surface area contributed by atoms with Crippen molar-refractivity contribution < 1.29 is 0 Å². The summed E-state index contributed by atoms with van der Waals surface area (Å²) >= 11 is 31.8. The Kier molecular flexibility index (Phi) is 7.38. The van der Waals surface area contributed by atoms with Crippen molar-refractivity contribution in [1.82, 2.24) is 0 Å². The summed E-state index contributed by atoms with van der Waals surface area (Å²) in [5.74, 6) is 0. The van der Waals surface area contributed by atoms with E-state index in [1.807, 2.05) is 6.07 Å². The molecule has 1 rings (SSSR count). The quantitative estimate of drug-likeness (QED) is 0.182. The Morgan fingerprint density at radius 1 is 0.706 bits per heavy atom. The summed E-state index contributed by atoms with van der Waals surface area (Å²) in [7, 11) is 0. The minimum atomic E-state index is -0.526. The monoisotopic (exact) mass is 807 g/mol. The molecule has 0 bridgehead atoms. The zero-order valence-corrected chi connectivity index (χ0v) is 21.8. The fraction of sp³-hybridized carbons (Fsp3) is 0.250. The van der Waals surface area contributed by atoms with Gasteiger partial charge in [0.2, 0.25) is 0 Å². The Hall–Kier alpha value is 3.54. The van der Waals surface area contributed by atoms with E-state index in [4.69, 9.17) is 0 Å². The zero-order valence-electron chi connectivity index (χ0n) is 7.48. The molecule has 0 fully saturated rings. The summed E-state index contributed by atoms with van der Waals surface area (Å²) in [4.78, 5) is 0. The third-order valence-corrected chi connectivity index (χ3v) is 7.02. The van der Waals surface area contributed by atoms with Crippen molar-refractivity contribution in [3.05, 3.63) is 30.6 Å². The molecule has 0 aromatic heterocycles.